The summed E-state index contributed by atoms with van der Waals surface area (Å²) >= 11 is 0. The Morgan fingerprint density at radius 3 is 2.62 bits per heavy atom. The van der Waals surface area contributed by atoms with Crippen molar-refractivity contribution in [2.75, 3.05) is 19.7 Å². The summed E-state index contributed by atoms with van der Waals surface area (Å²) in [6.07, 6.45) is 1.63. The summed E-state index contributed by atoms with van der Waals surface area (Å²) in [7, 11) is -3.57. The molecule has 1 heterocycles. The Bertz CT molecular complexity index is 776. The molecule has 1 saturated carbocycles. The normalized spacial score (nSPS) is 23.0. The lowest BCUT2D eigenvalue weighted by atomic mass is 9.89. The summed E-state index contributed by atoms with van der Waals surface area (Å²) in [6, 6.07) is 9.56. The molecule has 0 spiro atoms. The van der Waals surface area contributed by atoms with Crippen LogP contribution in [0.4, 0.5) is 0 Å². The Labute approximate surface area is 153 Å². The van der Waals surface area contributed by atoms with Gasteiger partial charge in [0, 0.05) is 13.1 Å². The Morgan fingerprint density at radius 2 is 1.96 bits per heavy atom. The Morgan fingerprint density at radius 1 is 1.27 bits per heavy atom. The maximum Gasteiger partial charge on any atom is 0.248 e. The summed E-state index contributed by atoms with van der Waals surface area (Å²) in [5, 5.41) is -0.444. The van der Waals surface area contributed by atoms with Crippen LogP contribution in [0.2, 0.25) is 0 Å². The van der Waals surface area contributed by atoms with Gasteiger partial charge in [0.2, 0.25) is 21.8 Å². The summed E-state index contributed by atoms with van der Waals surface area (Å²) in [4.78, 5) is 26.3. The monoisotopic (exact) mass is 380 g/mol. The van der Waals surface area contributed by atoms with E-state index in [0.29, 0.717) is 32.4 Å². The number of hydrogen-bond acceptors (Lipinski definition) is 5. The Balaban J connectivity index is 1.48. The highest BCUT2D eigenvalue weighted by atomic mass is 32.2. The molecule has 1 aromatic rings. The maximum atomic E-state index is 12.4. The zero-order valence-electron chi connectivity index (χ0n) is 14.8. The van der Waals surface area contributed by atoms with Crippen LogP contribution in [-0.4, -0.2) is 50.1 Å². The van der Waals surface area contributed by atoms with Crippen molar-refractivity contribution in [1.29, 1.82) is 0 Å². The third-order valence-corrected chi connectivity index (χ3v) is 6.73. The van der Waals surface area contributed by atoms with Crippen molar-refractivity contribution in [3.8, 4) is 0 Å². The average Bonchev–Trinajstić information content (AvgIpc) is 3.39. The zero-order valence-corrected chi connectivity index (χ0v) is 15.6. The highest BCUT2D eigenvalue weighted by molar-refractivity contribution is 7.90. The third-order valence-electron chi connectivity index (χ3n) is 4.91. The first-order valence-electron chi connectivity index (χ1n) is 8.76. The molecule has 1 aromatic carbocycles. The lowest BCUT2D eigenvalue weighted by Crippen LogP contribution is -2.45. The van der Waals surface area contributed by atoms with E-state index in [-0.39, 0.29) is 19.1 Å². The highest BCUT2D eigenvalue weighted by Crippen LogP contribution is 2.32. The summed E-state index contributed by atoms with van der Waals surface area (Å²) < 4.78 is 31.6. The predicted molar refractivity (Wildman–Crippen MR) is 95.5 cm³/mol. The molecule has 2 fully saturated rings. The SMILES string of the molecule is CC1(C(=O)NS(=O)(=O)C2CC2)CCN(C(=O)COCc2ccccc2)C1. The van der Waals surface area contributed by atoms with E-state index in [2.05, 4.69) is 4.72 Å². The molecule has 2 amide bonds. The second-order valence-corrected chi connectivity index (χ2v) is 9.24. The van der Waals surface area contributed by atoms with Gasteiger partial charge in [-0.15, -0.1) is 0 Å². The number of carbonyl (C=O) groups is 2. The molecule has 3 rings (SSSR count). The number of hydrogen-bond donors (Lipinski definition) is 1. The number of ether oxygens (including phenoxy) is 1. The lowest BCUT2D eigenvalue weighted by molar-refractivity contribution is -0.136. The minimum absolute atomic E-state index is 0.0625. The molecule has 0 radical (unpaired) electrons. The van der Waals surface area contributed by atoms with Crippen molar-refractivity contribution in [2.24, 2.45) is 5.41 Å². The molecule has 1 atom stereocenters. The molecule has 26 heavy (non-hydrogen) atoms. The van der Waals surface area contributed by atoms with E-state index in [0.717, 1.165) is 5.56 Å². The van der Waals surface area contributed by atoms with Crippen molar-refractivity contribution in [3.63, 3.8) is 0 Å². The van der Waals surface area contributed by atoms with Crippen LogP contribution >= 0.6 is 0 Å². The molecule has 142 valence electrons. The largest absolute Gasteiger partial charge is 0.367 e. The van der Waals surface area contributed by atoms with Gasteiger partial charge >= 0.3 is 0 Å². The number of rotatable bonds is 7. The van der Waals surface area contributed by atoms with Crippen molar-refractivity contribution >= 4 is 21.8 Å². The molecule has 1 aliphatic carbocycles. The Kier molecular flexibility index (Phi) is 5.34. The minimum Gasteiger partial charge on any atom is -0.367 e. The average molecular weight is 380 g/mol. The first kappa shape index (κ1) is 18.8. The number of carbonyl (C=O) groups excluding carboxylic acids is 2. The van der Waals surface area contributed by atoms with Crippen molar-refractivity contribution in [2.45, 2.75) is 38.0 Å². The Hall–Kier alpha value is -1.93. The number of likely N-dealkylation sites (tertiary alicyclic amines) is 1. The van der Waals surface area contributed by atoms with E-state index in [4.69, 9.17) is 4.74 Å². The van der Waals surface area contributed by atoms with Gasteiger partial charge in [-0.1, -0.05) is 30.3 Å². The molecule has 2 aliphatic rings. The van der Waals surface area contributed by atoms with Crippen LogP contribution in [0, 0.1) is 5.41 Å². The number of nitrogens with one attached hydrogen (secondary N) is 1. The molecular formula is C18H24N2O5S. The highest BCUT2D eigenvalue weighted by Gasteiger charge is 2.45. The van der Waals surface area contributed by atoms with Gasteiger partial charge < -0.3 is 9.64 Å². The molecule has 8 heteroatoms. The van der Waals surface area contributed by atoms with Crippen molar-refractivity contribution in [1.82, 2.24) is 9.62 Å². The molecule has 1 N–H and O–H groups in total. The predicted octanol–water partition coefficient (Wildman–Crippen LogP) is 1.05. The summed E-state index contributed by atoms with van der Waals surface area (Å²) in [6.45, 7) is 2.60. The summed E-state index contributed by atoms with van der Waals surface area (Å²) in [5.41, 5.74) is 0.0908. The fourth-order valence-corrected chi connectivity index (χ4v) is 4.42. The van der Waals surface area contributed by atoms with E-state index < -0.39 is 26.6 Å². The van der Waals surface area contributed by atoms with Crippen LogP contribution in [0.25, 0.3) is 0 Å². The van der Waals surface area contributed by atoms with Crippen LogP contribution in [0.5, 0.6) is 0 Å². The molecule has 0 bridgehead atoms. The van der Waals surface area contributed by atoms with E-state index in [1.807, 2.05) is 30.3 Å². The first-order chi connectivity index (χ1) is 12.3. The van der Waals surface area contributed by atoms with Crippen LogP contribution in [0.1, 0.15) is 31.7 Å². The standard InChI is InChI=1S/C18H24N2O5S/c1-18(17(22)19-26(23,24)15-7-8-15)9-10-20(13-18)16(21)12-25-11-14-5-3-2-4-6-14/h2-6,15H,7-13H2,1H3,(H,19,22). The third kappa shape index (κ3) is 4.42. The number of nitrogens with zero attached hydrogens (tertiary/aromatic N) is 1. The van der Waals surface area contributed by atoms with Crippen molar-refractivity contribution in [3.05, 3.63) is 35.9 Å². The van der Waals surface area contributed by atoms with Crippen LogP contribution in [0.15, 0.2) is 30.3 Å². The fourth-order valence-electron chi connectivity index (χ4n) is 3.00. The quantitative estimate of drug-likeness (QED) is 0.763. The molecule has 1 saturated heterocycles. The van der Waals surface area contributed by atoms with Gasteiger partial charge in [0.25, 0.3) is 0 Å². The number of amides is 2. The molecule has 1 aliphatic heterocycles. The van der Waals surface area contributed by atoms with Crippen LogP contribution in [-0.2, 0) is 31.0 Å². The smallest absolute Gasteiger partial charge is 0.248 e. The number of sulfonamides is 1. The lowest BCUT2D eigenvalue weighted by Gasteiger charge is -2.23. The van der Waals surface area contributed by atoms with Crippen LogP contribution < -0.4 is 4.72 Å². The minimum atomic E-state index is -3.57. The van der Waals surface area contributed by atoms with Gasteiger partial charge in [-0.25, -0.2) is 8.42 Å². The molecule has 7 nitrogen and oxygen atoms in total. The summed E-state index contributed by atoms with van der Waals surface area (Å²) in [5.74, 6) is -0.715. The van der Waals surface area contributed by atoms with E-state index in [9.17, 15) is 18.0 Å². The van der Waals surface area contributed by atoms with Gasteiger partial charge in [-0.05, 0) is 31.7 Å². The first-order valence-corrected chi connectivity index (χ1v) is 10.3. The van der Waals surface area contributed by atoms with Gasteiger partial charge in [0.05, 0.1) is 17.3 Å². The van der Waals surface area contributed by atoms with E-state index in [1.54, 1.807) is 11.8 Å². The fraction of sp³-hybridized carbons (Fsp3) is 0.556. The molecule has 0 aromatic heterocycles. The molecular weight excluding hydrogens is 356 g/mol. The second kappa shape index (κ2) is 7.36. The van der Waals surface area contributed by atoms with Gasteiger partial charge in [-0.3, -0.25) is 14.3 Å². The van der Waals surface area contributed by atoms with E-state index in [1.165, 1.54) is 0 Å². The van der Waals surface area contributed by atoms with Crippen LogP contribution in [0.3, 0.4) is 0 Å². The van der Waals surface area contributed by atoms with Gasteiger partial charge in [0.15, 0.2) is 0 Å². The van der Waals surface area contributed by atoms with Crippen molar-refractivity contribution < 1.29 is 22.7 Å². The molecule has 1 unspecified atom stereocenters. The van der Waals surface area contributed by atoms with Gasteiger partial charge in [-0.2, -0.15) is 0 Å². The van der Waals surface area contributed by atoms with E-state index >= 15 is 0 Å². The maximum absolute atomic E-state index is 12.4. The number of benzene rings is 1. The van der Waals surface area contributed by atoms with Gasteiger partial charge in [0.1, 0.15) is 6.61 Å². The second-order valence-electron chi connectivity index (χ2n) is 7.28. The zero-order chi connectivity index (χ0) is 18.8. The topological polar surface area (TPSA) is 92.8 Å².